The van der Waals surface area contributed by atoms with E-state index in [1.54, 1.807) is 0 Å². The highest BCUT2D eigenvalue weighted by atomic mass is 32.1. The van der Waals surface area contributed by atoms with Crippen LogP contribution >= 0.6 is 11.3 Å². The van der Waals surface area contributed by atoms with Crippen LogP contribution in [-0.2, 0) is 12.0 Å². The van der Waals surface area contributed by atoms with Gasteiger partial charge in [-0.2, -0.15) is 5.06 Å². The Morgan fingerprint density at radius 3 is 2.57 bits per heavy atom. The SMILES string of the molecule is CC1(c2ccccc2)c2c(sc3ccccc23)CCN1O. The Morgan fingerprint density at radius 1 is 1.05 bits per heavy atom. The molecule has 0 aliphatic carbocycles. The summed E-state index contributed by atoms with van der Waals surface area (Å²) in [4.78, 5) is 1.40. The van der Waals surface area contributed by atoms with Gasteiger partial charge < -0.3 is 5.21 Å². The fourth-order valence-corrected chi connectivity index (χ4v) is 4.72. The van der Waals surface area contributed by atoms with Crippen LogP contribution in [0.3, 0.4) is 0 Å². The van der Waals surface area contributed by atoms with Gasteiger partial charge in [-0.3, -0.25) is 0 Å². The lowest BCUT2D eigenvalue weighted by Crippen LogP contribution is -2.47. The minimum Gasteiger partial charge on any atom is -0.313 e. The molecule has 4 rings (SSSR count). The molecule has 3 heteroatoms. The molecule has 1 aliphatic heterocycles. The largest absolute Gasteiger partial charge is 0.313 e. The zero-order valence-electron chi connectivity index (χ0n) is 11.9. The second-order valence-electron chi connectivity index (χ2n) is 5.71. The van der Waals surface area contributed by atoms with E-state index in [9.17, 15) is 5.21 Å². The molecule has 0 bridgehead atoms. The maximum Gasteiger partial charge on any atom is 0.0946 e. The van der Waals surface area contributed by atoms with Crippen molar-refractivity contribution in [3.05, 3.63) is 70.6 Å². The summed E-state index contributed by atoms with van der Waals surface area (Å²) in [6.07, 6.45) is 0.910. The van der Waals surface area contributed by atoms with E-state index in [1.807, 2.05) is 29.5 Å². The van der Waals surface area contributed by atoms with Gasteiger partial charge in [-0.15, -0.1) is 11.3 Å². The fourth-order valence-electron chi connectivity index (χ4n) is 3.42. The first kappa shape index (κ1) is 13.0. The summed E-state index contributed by atoms with van der Waals surface area (Å²) >= 11 is 1.86. The van der Waals surface area contributed by atoms with Gasteiger partial charge in [0.05, 0.1) is 5.54 Å². The second kappa shape index (κ2) is 4.67. The van der Waals surface area contributed by atoms with Crippen LogP contribution in [0.25, 0.3) is 10.1 Å². The van der Waals surface area contributed by atoms with Gasteiger partial charge in [0.15, 0.2) is 0 Å². The van der Waals surface area contributed by atoms with E-state index in [0.29, 0.717) is 6.54 Å². The van der Waals surface area contributed by atoms with Gasteiger partial charge in [-0.05, 0) is 30.4 Å². The predicted octanol–water partition coefficient (Wildman–Crippen LogP) is 4.41. The lowest BCUT2D eigenvalue weighted by Gasteiger charge is -2.41. The third-order valence-corrected chi connectivity index (χ3v) is 5.79. The van der Waals surface area contributed by atoms with Gasteiger partial charge in [-0.1, -0.05) is 48.5 Å². The highest BCUT2D eigenvalue weighted by molar-refractivity contribution is 7.19. The number of benzene rings is 2. The minimum absolute atomic E-state index is 0.478. The molecule has 1 atom stereocenters. The van der Waals surface area contributed by atoms with Crippen molar-refractivity contribution in [2.45, 2.75) is 18.9 Å². The first-order valence-corrected chi connectivity index (χ1v) is 8.06. The molecule has 0 spiro atoms. The molecule has 1 unspecified atom stereocenters. The molecule has 1 N–H and O–H groups in total. The van der Waals surface area contributed by atoms with Crippen molar-refractivity contribution in [3.8, 4) is 0 Å². The zero-order chi connectivity index (χ0) is 14.4. The lowest BCUT2D eigenvalue weighted by molar-refractivity contribution is -0.161. The molecular weight excluding hydrogens is 278 g/mol. The van der Waals surface area contributed by atoms with Crippen LogP contribution in [0.4, 0.5) is 0 Å². The van der Waals surface area contributed by atoms with Crippen molar-refractivity contribution in [1.29, 1.82) is 0 Å². The summed E-state index contributed by atoms with van der Waals surface area (Å²) in [5.41, 5.74) is 1.93. The molecule has 1 aromatic heterocycles. The van der Waals surface area contributed by atoms with Gasteiger partial charge in [-0.25, -0.2) is 0 Å². The molecule has 0 radical (unpaired) electrons. The summed E-state index contributed by atoms with van der Waals surface area (Å²) in [5.74, 6) is 0. The number of hydrogen-bond acceptors (Lipinski definition) is 3. The van der Waals surface area contributed by atoms with E-state index in [4.69, 9.17) is 0 Å². The van der Waals surface area contributed by atoms with Gasteiger partial charge in [0.2, 0.25) is 0 Å². The smallest absolute Gasteiger partial charge is 0.0946 e. The Kier molecular flexibility index (Phi) is 2.89. The summed E-state index contributed by atoms with van der Waals surface area (Å²) in [7, 11) is 0. The normalized spacial score (nSPS) is 22.4. The third-order valence-electron chi connectivity index (χ3n) is 4.56. The molecule has 2 heterocycles. The van der Waals surface area contributed by atoms with Crippen LogP contribution in [0.2, 0.25) is 0 Å². The number of nitrogens with zero attached hydrogens (tertiary/aromatic N) is 1. The van der Waals surface area contributed by atoms with E-state index in [-0.39, 0.29) is 0 Å². The second-order valence-corrected chi connectivity index (χ2v) is 6.84. The highest BCUT2D eigenvalue weighted by Crippen LogP contribution is 2.46. The number of thiophene rings is 1. The van der Waals surface area contributed by atoms with E-state index in [2.05, 4.69) is 43.3 Å². The van der Waals surface area contributed by atoms with E-state index in [1.165, 1.54) is 25.6 Å². The summed E-state index contributed by atoms with van der Waals surface area (Å²) in [6.45, 7) is 2.80. The van der Waals surface area contributed by atoms with Crippen molar-refractivity contribution >= 4 is 21.4 Å². The quantitative estimate of drug-likeness (QED) is 0.718. The average Bonchev–Trinajstić information content (AvgIpc) is 2.91. The van der Waals surface area contributed by atoms with Gasteiger partial charge in [0, 0.05) is 21.7 Å². The number of rotatable bonds is 1. The van der Waals surface area contributed by atoms with Crippen LogP contribution in [-0.4, -0.2) is 16.8 Å². The van der Waals surface area contributed by atoms with Crippen molar-refractivity contribution < 1.29 is 5.21 Å². The molecule has 0 amide bonds. The lowest BCUT2D eigenvalue weighted by atomic mass is 9.80. The Balaban J connectivity index is 2.05. The molecule has 0 fully saturated rings. The maximum absolute atomic E-state index is 10.6. The maximum atomic E-state index is 10.6. The monoisotopic (exact) mass is 295 g/mol. The Labute approximate surface area is 128 Å². The highest BCUT2D eigenvalue weighted by Gasteiger charge is 2.42. The number of hydroxylamine groups is 2. The molecule has 0 saturated heterocycles. The number of fused-ring (bicyclic) bond motifs is 3. The zero-order valence-corrected chi connectivity index (χ0v) is 12.7. The van der Waals surface area contributed by atoms with E-state index < -0.39 is 5.54 Å². The number of hydrogen-bond donors (Lipinski definition) is 1. The Morgan fingerprint density at radius 2 is 1.76 bits per heavy atom. The third kappa shape index (κ3) is 1.78. The molecular formula is C18H17NOS. The predicted molar refractivity (Wildman–Crippen MR) is 86.9 cm³/mol. The van der Waals surface area contributed by atoms with Crippen molar-refractivity contribution in [1.82, 2.24) is 5.06 Å². The first-order valence-electron chi connectivity index (χ1n) is 7.24. The van der Waals surface area contributed by atoms with E-state index >= 15 is 0 Å². The van der Waals surface area contributed by atoms with Crippen molar-refractivity contribution in [3.63, 3.8) is 0 Å². The van der Waals surface area contributed by atoms with Gasteiger partial charge >= 0.3 is 0 Å². The van der Waals surface area contributed by atoms with Crippen molar-refractivity contribution in [2.75, 3.05) is 6.54 Å². The molecule has 1 aliphatic rings. The molecule has 2 nitrogen and oxygen atoms in total. The van der Waals surface area contributed by atoms with E-state index in [0.717, 1.165) is 12.0 Å². The van der Waals surface area contributed by atoms with Gasteiger partial charge in [0.25, 0.3) is 0 Å². The molecule has 2 aromatic carbocycles. The molecule has 21 heavy (non-hydrogen) atoms. The molecule has 3 aromatic rings. The van der Waals surface area contributed by atoms with Gasteiger partial charge in [0.1, 0.15) is 0 Å². The Hall–Kier alpha value is -1.68. The minimum atomic E-state index is -0.478. The summed E-state index contributed by atoms with van der Waals surface area (Å²) in [5, 5.41) is 13.4. The van der Waals surface area contributed by atoms with Crippen LogP contribution in [0.5, 0.6) is 0 Å². The molecule has 0 saturated carbocycles. The topological polar surface area (TPSA) is 23.5 Å². The molecule has 106 valence electrons. The fraction of sp³-hybridized carbons (Fsp3) is 0.222. The first-order chi connectivity index (χ1) is 10.2. The Bertz CT molecular complexity index is 795. The summed E-state index contributed by atoms with van der Waals surface area (Å²) in [6, 6.07) is 18.8. The van der Waals surface area contributed by atoms with Crippen LogP contribution < -0.4 is 0 Å². The van der Waals surface area contributed by atoms with Crippen molar-refractivity contribution in [2.24, 2.45) is 0 Å². The van der Waals surface area contributed by atoms with Crippen LogP contribution in [0.1, 0.15) is 22.9 Å². The van der Waals surface area contributed by atoms with Crippen LogP contribution in [0, 0.1) is 0 Å². The summed E-state index contributed by atoms with van der Waals surface area (Å²) < 4.78 is 1.31. The standard InChI is InChI=1S/C18H17NOS/c1-18(13-7-3-2-4-8-13)17-14-9-5-6-10-15(14)21-16(17)11-12-19(18)20/h2-10,20H,11-12H2,1H3. The van der Waals surface area contributed by atoms with Crippen LogP contribution in [0.15, 0.2) is 54.6 Å². The average molecular weight is 295 g/mol.